The lowest BCUT2D eigenvalue weighted by Crippen LogP contribution is -2.16. The Hall–Kier alpha value is -1.63. The zero-order valence-corrected chi connectivity index (χ0v) is 10.1. The molecule has 0 aliphatic heterocycles. The lowest BCUT2D eigenvalue weighted by Gasteiger charge is -2.21. The van der Waals surface area contributed by atoms with Gasteiger partial charge < -0.3 is 0 Å². The predicted octanol–water partition coefficient (Wildman–Crippen LogP) is 3.97. The van der Waals surface area contributed by atoms with E-state index >= 15 is 0 Å². The molecular weight excluding hydrogens is 194 g/mol. The van der Waals surface area contributed by atoms with Gasteiger partial charge in [-0.1, -0.05) is 50.8 Å². The number of allylic oxidation sites excluding steroid dienone is 3. The second kappa shape index (κ2) is 3.75. The van der Waals surface area contributed by atoms with Gasteiger partial charge in [0.05, 0.1) is 5.70 Å². The van der Waals surface area contributed by atoms with E-state index in [4.69, 9.17) is 0 Å². The largest absolute Gasteiger partial charge is 0.264 e. The van der Waals surface area contributed by atoms with Gasteiger partial charge >= 0.3 is 0 Å². The number of hydrogen-bond donors (Lipinski definition) is 0. The summed E-state index contributed by atoms with van der Waals surface area (Å²) in [5.74, 6) is 0. The third-order valence-corrected chi connectivity index (χ3v) is 3.20. The molecule has 0 radical (unpaired) electrons. The highest BCUT2D eigenvalue weighted by Crippen LogP contribution is 2.46. The first-order chi connectivity index (χ1) is 7.62. The van der Waals surface area contributed by atoms with E-state index in [9.17, 15) is 0 Å². The molecule has 0 spiro atoms. The quantitative estimate of drug-likeness (QED) is 0.656. The summed E-state index contributed by atoms with van der Waals surface area (Å²) in [6, 6.07) is 8.47. The Balaban J connectivity index is 2.74. The second-order valence-electron chi connectivity index (χ2n) is 4.52. The first kappa shape index (κ1) is 10.9. The summed E-state index contributed by atoms with van der Waals surface area (Å²) in [4.78, 5) is 4.53. The molecule has 2 rings (SSSR count). The Morgan fingerprint density at radius 1 is 1.25 bits per heavy atom. The zero-order valence-electron chi connectivity index (χ0n) is 10.1. The Morgan fingerprint density at radius 2 is 1.94 bits per heavy atom. The molecule has 1 aromatic carbocycles. The number of rotatable bonds is 2. The maximum atomic E-state index is 4.53. The van der Waals surface area contributed by atoms with Gasteiger partial charge in [0.2, 0.25) is 0 Å². The predicted molar refractivity (Wildman–Crippen MR) is 70.8 cm³/mol. The highest BCUT2D eigenvalue weighted by atomic mass is 14.8. The fourth-order valence-corrected chi connectivity index (χ4v) is 2.42. The van der Waals surface area contributed by atoms with Gasteiger partial charge in [0.25, 0.3) is 0 Å². The van der Waals surface area contributed by atoms with Crippen LogP contribution in [0.25, 0.3) is 5.57 Å². The van der Waals surface area contributed by atoms with Crippen molar-refractivity contribution in [2.24, 2.45) is 4.99 Å². The maximum Gasteiger partial charge on any atom is 0.0577 e. The van der Waals surface area contributed by atoms with E-state index in [0.717, 1.165) is 5.70 Å². The third-order valence-electron chi connectivity index (χ3n) is 3.20. The lowest BCUT2D eigenvalue weighted by molar-refractivity contribution is 0.632. The fourth-order valence-electron chi connectivity index (χ4n) is 2.42. The van der Waals surface area contributed by atoms with E-state index in [-0.39, 0.29) is 5.41 Å². The van der Waals surface area contributed by atoms with Crippen LogP contribution in [0, 0.1) is 0 Å². The molecule has 0 saturated carbocycles. The molecule has 0 bridgehead atoms. The minimum atomic E-state index is -0.0212. The molecule has 1 heteroatoms. The highest BCUT2D eigenvalue weighted by molar-refractivity contribution is 5.86. The fraction of sp³-hybridized carbons (Fsp3) is 0.267. The molecule has 1 aromatic rings. The topological polar surface area (TPSA) is 12.4 Å². The van der Waals surface area contributed by atoms with Gasteiger partial charge in [-0.05, 0) is 18.1 Å². The van der Waals surface area contributed by atoms with Crippen LogP contribution in [0.1, 0.15) is 31.9 Å². The summed E-state index contributed by atoms with van der Waals surface area (Å²) >= 11 is 0. The Morgan fingerprint density at radius 3 is 2.56 bits per heavy atom. The molecule has 0 fully saturated rings. The molecule has 0 aromatic heterocycles. The second-order valence-corrected chi connectivity index (χ2v) is 4.52. The maximum absolute atomic E-state index is 4.53. The molecule has 1 aliphatic rings. The van der Waals surface area contributed by atoms with Gasteiger partial charge in [-0.25, -0.2) is 0 Å². The molecular formula is C15H17N. The van der Waals surface area contributed by atoms with Gasteiger partial charge in [0.15, 0.2) is 0 Å². The highest BCUT2D eigenvalue weighted by Gasteiger charge is 2.36. The van der Waals surface area contributed by atoms with Crippen LogP contribution in [0.3, 0.4) is 0 Å². The van der Waals surface area contributed by atoms with E-state index in [0.29, 0.717) is 0 Å². The Labute approximate surface area is 97.2 Å². The molecule has 16 heavy (non-hydrogen) atoms. The first-order valence-corrected chi connectivity index (χ1v) is 5.58. The van der Waals surface area contributed by atoms with E-state index in [1.165, 1.54) is 16.7 Å². The van der Waals surface area contributed by atoms with E-state index in [2.05, 4.69) is 49.7 Å². The number of fused-ring (bicyclic) bond motifs is 1. The van der Waals surface area contributed by atoms with Crippen molar-refractivity contribution in [2.75, 3.05) is 0 Å². The van der Waals surface area contributed by atoms with Crippen molar-refractivity contribution < 1.29 is 0 Å². The normalized spacial score (nSPS) is 17.9. The Kier molecular flexibility index (Phi) is 2.55. The molecule has 0 amide bonds. The molecule has 0 heterocycles. The van der Waals surface area contributed by atoms with Crippen LogP contribution >= 0.6 is 0 Å². The van der Waals surface area contributed by atoms with Crippen LogP contribution in [0.15, 0.2) is 47.6 Å². The smallest absolute Gasteiger partial charge is 0.0577 e. The van der Waals surface area contributed by atoms with Crippen molar-refractivity contribution in [1.29, 1.82) is 0 Å². The van der Waals surface area contributed by atoms with Crippen LogP contribution in [0.2, 0.25) is 0 Å². The SMILES string of the molecule is C=CC1=C(/N=C\C)C(C)(C)c2ccccc21. The van der Waals surface area contributed by atoms with E-state index in [1.807, 2.05) is 19.2 Å². The van der Waals surface area contributed by atoms with Gasteiger partial charge in [-0.2, -0.15) is 0 Å². The standard InChI is InChI=1S/C15H17N/c1-5-11-12-9-7-8-10-13(12)15(3,4)14(11)16-6-2/h5-10H,1H2,2-4H3/b16-6-. The van der Waals surface area contributed by atoms with Gasteiger partial charge in [-0.3, -0.25) is 4.99 Å². The number of benzene rings is 1. The third kappa shape index (κ3) is 1.35. The molecule has 0 saturated heterocycles. The van der Waals surface area contributed by atoms with Crippen molar-refractivity contribution in [3.8, 4) is 0 Å². The monoisotopic (exact) mass is 211 g/mol. The van der Waals surface area contributed by atoms with Gasteiger partial charge in [0.1, 0.15) is 0 Å². The van der Waals surface area contributed by atoms with Gasteiger partial charge in [0, 0.05) is 17.2 Å². The van der Waals surface area contributed by atoms with Gasteiger partial charge in [-0.15, -0.1) is 0 Å². The van der Waals surface area contributed by atoms with E-state index in [1.54, 1.807) is 0 Å². The average molecular weight is 211 g/mol. The van der Waals surface area contributed by atoms with Crippen molar-refractivity contribution >= 4 is 11.8 Å². The molecule has 0 atom stereocenters. The van der Waals surface area contributed by atoms with Crippen LogP contribution in [-0.2, 0) is 5.41 Å². The summed E-state index contributed by atoms with van der Waals surface area (Å²) in [6.07, 6.45) is 3.77. The first-order valence-electron chi connectivity index (χ1n) is 5.58. The summed E-state index contributed by atoms with van der Waals surface area (Å²) in [6.45, 7) is 10.3. The zero-order chi connectivity index (χ0) is 11.8. The molecule has 0 N–H and O–H groups in total. The number of nitrogens with zero attached hydrogens (tertiary/aromatic N) is 1. The number of aliphatic imine (C=N–C) groups is 1. The summed E-state index contributed by atoms with van der Waals surface area (Å²) < 4.78 is 0. The average Bonchev–Trinajstić information content (AvgIpc) is 2.49. The molecule has 0 unspecified atom stereocenters. The minimum absolute atomic E-state index is 0.0212. The van der Waals surface area contributed by atoms with Crippen LogP contribution in [0.4, 0.5) is 0 Å². The van der Waals surface area contributed by atoms with Crippen LogP contribution in [0.5, 0.6) is 0 Å². The van der Waals surface area contributed by atoms with Crippen LogP contribution < -0.4 is 0 Å². The molecule has 1 aliphatic carbocycles. The summed E-state index contributed by atoms with van der Waals surface area (Å²) in [5.41, 5.74) is 4.87. The van der Waals surface area contributed by atoms with E-state index < -0.39 is 0 Å². The number of hydrogen-bond acceptors (Lipinski definition) is 1. The lowest BCUT2D eigenvalue weighted by atomic mass is 9.85. The summed E-state index contributed by atoms with van der Waals surface area (Å²) in [7, 11) is 0. The summed E-state index contributed by atoms with van der Waals surface area (Å²) in [5, 5.41) is 0. The minimum Gasteiger partial charge on any atom is -0.264 e. The van der Waals surface area contributed by atoms with Crippen molar-refractivity contribution in [3.05, 3.63) is 53.7 Å². The molecule has 1 nitrogen and oxygen atoms in total. The van der Waals surface area contributed by atoms with Crippen molar-refractivity contribution in [2.45, 2.75) is 26.2 Å². The van der Waals surface area contributed by atoms with Crippen molar-refractivity contribution in [1.82, 2.24) is 0 Å². The van der Waals surface area contributed by atoms with Crippen LogP contribution in [-0.4, -0.2) is 6.21 Å². The Bertz CT molecular complexity index is 490. The molecule has 82 valence electrons. The van der Waals surface area contributed by atoms with Crippen molar-refractivity contribution in [3.63, 3.8) is 0 Å².